The molecule has 2 N–H and O–H groups in total. The lowest BCUT2D eigenvalue weighted by Gasteiger charge is -2.04. The van der Waals surface area contributed by atoms with Crippen molar-refractivity contribution in [2.75, 3.05) is 5.32 Å². The van der Waals surface area contributed by atoms with Crippen LogP contribution in [0.1, 0.15) is 76.7 Å². The van der Waals surface area contributed by atoms with Gasteiger partial charge in [-0.25, -0.2) is 0 Å². The molecule has 0 bridgehead atoms. The first-order chi connectivity index (χ1) is 9.74. The van der Waals surface area contributed by atoms with Crippen LogP contribution in [0.15, 0.2) is 6.20 Å². The summed E-state index contributed by atoms with van der Waals surface area (Å²) in [5, 5.41) is 9.53. The van der Waals surface area contributed by atoms with Crippen LogP contribution in [0.25, 0.3) is 0 Å². The molecule has 1 heterocycles. The Morgan fingerprint density at radius 2 is 1.70 bits per heavy atom. The van der Waals surface area contributed by atoms with E-state index in [0.29, 0.717) is 6.42 Å². The zero-order valence-corrected chi connectivity index (χ0v) is 13.0. The van der Waals surface area contributed by atoms with Crippen molar-refractivity contribution in [1.82, 2.24) is 10.2 Å². The first-order valence-electron chi connectivity index (χ1n) is 8.04. The third-order valence-electron chi connectivity index (χ3n) is 3.60. The molecule has 0 aliphatic heterocycles. The number of hydrogen-bond acceptors (Lipinski definition) is 2. The Hall–Kier alpha value is -1.32. The molecule has 4 heteroatoms. The van der Waals surface area contributed by atoms with Crippen LogP contribution in [0.3, 0.4) is 0 Å². The number of hydrogen-bond donors (Lipinski definition) is 2. The average Bonchev–Trinajstić information content (AvgIpc) is 2.82. The van der Waals surface area contributed by atoms with Gasteiger partial charge in [-0.2, -0.15) is 5.10 Å². The summed E-state index contributed by atoms with van der Waals surface area (Å²) < 4.78 is 0. The van der Waals surface area contributed by atoms with Gasteiger partial charge in [0.25, 0.3) is 0 Å². The Morgan fingerprint density at radius 1 is 1.10 bits per heavy atom. The summed E-state index contributed by atoms with van der Waals surface area (Å²) in [6.07, 6.45) is 13.8. The lowest BCUT2D eigenvalue weighted by molar-refractivity contribution is -0.116. The van der Waals surface area contributed by atoms with Crippen molar-refractivity contribution < 1.29 is 4.79 Å². The zero-order valence-electron chi connectivity index (χ0n) is 13.0. The summed E-state index contributed by atoms with van der Waals surface area (Å²) in [5.74, 6) is 0.811. The van der Waals surface area contributed by atoms with Crippen molar-refractivity contribution in [1.29, 1.82) is 0 Å². The van der Waals surface area contributed by atoms with Gasteiger partial charge in [0.2, 0.25) is 5.91 Å². The number of aromatic amines is 1. The molecule has 0 spiro atoms. The molecule has 0 fully saturated rings. The molecule has 0 saturated carbocycles. The molecular formula is C16H29N3O. The number of carbonyl (C=O) groups excluding carboxylic acids is 1. The number of aryl methyl sites for hydroxylation is 1. The lowest BCUT2D eigenvalue weighted by Crippen LogP contribution is -2.12. The minimum absolute atomic E-state index is 0.0836. The molecule has 1 rings (SSSR count). The van der Waals surface area contributed by atoms with Gasteiger partial charge in [-0.3, -0.25) is 9.89 Å². The maximum Gasteiger partial charge on any atom is 0.225 e. The predicted molar refractivity (Wildman–Crippen MR) is 83.8 cm³/mol. The van der Waals surface area contributed by atoms with E-state index >= 15 is 0 Å². The van der Waals surface area contributed by atoms with E-state index in [2.05, 4.69) is 22.4 Å². The van der Waals surface area contributed by atoms with Crippen LogP contribution >= 0.6 is 0 Å². The molecule has 0 aliphatic carbocycles. The summed E-state index contributed by atoms with van der Waals surface area (Å²) in [7, 11) is 0. The van der Waals surface area contributed by atoms with E-state index < -0.39 is 0 Å². The van der Waals surface area contributed by atoms with Crippen LogP contribution in [-0.4, -0.2) is 16.1 Å². The van der Waals surface area contributed by atoms with Gasteiger partial charge in [0.15, 0.2) is 0 Å². The lowest BCUT2D eigenvalue weighted by atomic mass is 10.1. The molecule has 0 aromatic carbocycles. The first kappa shape index (κ1) is 16.7. The predicted octanol–water partition coefficient (Wildman–Crippen LogP) is 4.58. The molecule has 1 aromatic heterocycles. The van der Waals surface area contributed by atoms with E-state index in [0.717, 1.165) is 24.2 Å². The number of nitrogens with one attached hydrogen (secondary N) is 2. The number of amides is 1. The molecule has 114 valence electrons. The molecule has 4 nitrogen and oxygen atoms in total. The van der Waals surface area contributed by atoms with Crippen molar-refractivity contribution in [2.45, 2.75) is 78.1 Å². The standard InChI is InChI=1S/C16H29N3O/c1-3-4-5-6-7-8-9-10-11-12-15(20)18-16-14(2)13-17-19-16/h13H,3-12H2,1-2H3,(H2,17,18,19,20). The Labute approximate surface area is 122 Å². The Bertz CT molecular complexity index is 374. The van der Waals surface area contributed by atoms with Gasteiger partial charge >= 0.3 is 0 Å². The van der Waals surface area contributed by atoms with Gasteiger partial charge in [0, 0.05) is 12.0 Å². The van der Waals surface area contributed by atoms with Crippen molar-refractivity contribution in [2.24, 2.45) is 0 Å². The van der Waals surface area contributed by atoms with Gasteiger partial charge in [0.05, 0.1) is 6.20 Å². The largest absolute Gasteiger partial charge is 0.311 e. The molecule has 0 radical (unpaired) electrons. The summed E-state index contributed by atoms with van der Waals surface area (Å²) in [4.78, 5) is 11.7. The van der Waals surface area contributed by atoms with Crippen LogP contribution in [0.2, 0.25) is 0 Å². The molecule has 20 heavy (non-hydrogen) atoms. The second kappa shape index (κ2) is 10.5. The number of unbranched alkanes of at least 4 members (excludes halogenated alkanes) is 8. The molecule has 0 aliphatic rings. The summed E-state index contributed by atoms with van der Waals surface area (Å²) in [6, 6.07) is 0. The molecule has 1 amide bonds. The quantitative estimate of drug-likeness (QED) is 0.583. The van der Waals surface area contributed by atoms with Crippen LogP contribution in [0.4, 0.5) is 5.82 Å². The highest BCUT2D eigenvalue weighted by Gasteiger charge is 2.05. The summed E-state index contributed by atoms with van der Waals surface area (Å²) in [5.41, 5.74) is 0.977. The van der Waals surface area contributed by atoms with Gasteiger partial charge in [-0.05, 0) is 13.3 Å². The Balaban J connectivity index is 1.93. The molecule has 0 saturated heterocycles. The van der Waals surface area contributed by atoms with Crippen LogP contribution in [-0.2, 0) is 4.79 Å². The fourth-order valence-corrected chi connectivity index (χ4v) is 2.27. The molecular weight excluding hydrogens is 250 g/mol. The second-order valence-electron chi connectivity index (χ2n) is 5.55. The SMILES string of the molecule is CCCCCCCCCCCC(=O)Nc1[nH]ncc1C. The highest BCUT2D eigenvalue weighted by Crippen LogP contribution is 2.12. The van der Waals surface area contributed by atoms with Gasteiger partial charge in [-0.15, -0.1) is 0 Å². The van der Waals surface area contributed by atoms with Crippen LogP contribution in [0.5, 0.6) is 0 Å². The van der Waals surface area contributed by atoms with E-state index in [1.165, 1.54) is 44.9 Å². The zero-order chi connectivity index (χ0) is 14.6. The molecule has 1 aromatic rings. The van der Waals surface area contributed by atoms with Crippen molar-refractivity contribution in [3.05, 3.63) is 11.8 Å². The van der Waals surface area contributed by atoms with Crippen molar-refractivity contribution >= 4 is 11.7 Å². The van der Waals surface area contributed by atoms with Gasteiger partial charge in [-0.1, -0.05) is 58.3 Å². The maximum atomic E-state index is 11.7. The Kier molecular flexibility index (Phi) is 8.76. The highest BCUT2D eigenvalue weighted by molar-refractivity contribution is 5.90. The molecule has 0 unspecified atom stereocenters. The van der Waals surface area contributed by atoms with Gasteiger partial charge in [0.1, 0.15) is 5.82 Å². The number of carbonyl (C=O) groups is 1. The van der Waals surface area contributed by atoms with Crippen molar-refractivity contribution in [3.8, 4) is 0 Å². The topological polar surface area (TPSA) is 57.8 Å². The number of H-pyrrole nitrogens is 1. The Morgan fingerprint density at radius 3 is 2.25 bits per heavy atom. The number of nitrogens with zero attached hydrogens (tertiary/aromatic N) is 1. The monoisotopic (exact) mass is 279 g/mol. The van der Waals surface area contributed by atoms with E-state index in [-0.39, 0.29) is 5.91 Å². The highest BCUT2D eigenvalue weighted by atomic mass is 16.1. The molecule has 0 atom stereocenters. The summed E-state index contributed by atoms with van der Waals surface area (Å²) in [6.45, 7) is 4.17. The minimum atomic E-state index is 0.0836. The average molecular weight is 279 g/mol. The first-order valence-corrected chi connectivity index (χ1v) is 8.04. The van der Waals surface area contributed by atoms with Gasteiger partial charge < -0.3 is 5.32 Å². The summed E-state index contributed by atoms with van der Waals surface area (Å²) >= 11 is 0. The minimum Gasteiger partial charge on any atom is -0.311 e. The number of anilines is 1. The maximum absolute atomic E-state index is 11.7. The second-order valence-corrected chi connectivity index (χ2v) is 5.55. The van der Waals surface area contributed by atoms with Crippen LogP contribution < -0.4 is 5.32 Å². The van der Waals surface area contributed by atoms with E-state index in [1.54, 1.807) is 6.20 Å². The van der Waals surface area contributed by atoms with E-state index in [9.17, 15) is 4.79 Å². The van der Waals surface area contributed by atoms with E-state index in [4.69, 9.17) is 0 Å². The van der Waals surface area contributed by atoms with Crippen LogP contribution in [0, 0.1) is 6.92 Å². The number of rotatable bonds is 11. The fourth-order valence-electron chi connectivity index (χ4n) is 2.27. The third kappa shape index (κ3) is 7.31. The fraction of sp³-hybridized carbons (Fsp3) is 0.750. The third-order valence-corrected chi connectivity index (χ3v) is 3.60. The smallest absolute Gasteiger partial charge is 0.225 e. The van der Waals surface area contributed by atoms with E-state index in [1.807, 2.05) is 6.92 Å². The normalized spacial score (nSPS) is 10.7. The van der Waals surface area contributed by atoms with Crippen molar-refractivity contribution in [3.63, 3.8) is 0 Å². The number of aromatic nitrogens is 2.